The molecule has 8 heteroatoms. The van der Waals surface area contributed by atoms with E-state index < -0.39 is 10.0 Å². The smallest absolute Gasteiger partial charge is 0.246 e. The van der Waals surface area contributed by atoms with E-state index in [0.29, 0.717) is 31.3 Å². The van der Waals surface area contributed by atoms with Crippen molar-refractivity contribution in [3.63, 3.8) is 0 Å². The van der Waals surface area contributed by atoms with Crippen molar-refractivity contribution in [2.75, 3.05) is 25.4 Å². The van der Waals surface area contributed by atoms with E-state index >= 15 is 0 Å². The average molecular weight is 305 g/mol. The quantitative estimate of drug-likeness (QED) is 0.852. The molecule has 0 spiro atoms. The van der Waals surface area contributed by atoms with Crippen LogP contribution in [0.4, 0.5) is 0 Å². The molecule has 1 aliphatic heterocycles. The van der Waals surface area contributed by atoms with Crippen LogP contribution >= 0.6 is 11.8 Å². The van der Waals surface area contributed by atoms with Gasteiger partial charge in [0.1, 0.15) is 4.90 Å². The van der Waals surface area contributed by atoms with Crippen molar-refractivity contribution in [3.8, 4) is 0 Å². The van der Waals surface area contributed by atoms with Gasteiger partial charge in [-0.25, -0.2) is 8.42 Å². The summed E-state index contributed by atoms with van der Waals surface area (Å²) in [5, 5.41) is 13.1. The molecule has 2 heterocycles. The second-order valence-electron chi connectivity index (χ2n) is 4.56. The standard InChI is InChI=1S/C11H19N3O3S2/c1-10-8-14(4-6-18-10)19(16,17)11-7-12-13(9-11)3-2-5-15/h7,9-10,15H,2-6,8H2,1H3. The van der Waals surface area contributed by atoms with Gasteiger partial charge in [0, 0.05) is 43.4 Å². The Hall–Kier alpha value is -0.570. The zero-order valence-corrected chi connectivity index (χ0v) is 12.5. The largest absolute Gasteiger partial charge is 0.396 e. The van der Waals surface area contributed by atoms with Crippen molar-refractivity contribution in [1.29, 1.82) is 0 Å². The highest BCUT2D eigenvalue weighted by atomic mass is 32.2. The van der Waals surface area contributed by atoms with Gasteiger partial charge in [-0.15, -0.1) is 0 Å². The molecule has 0 bridgehead atoms. The fourth-order valence-corrected chi connectivity index (χ4v) is 4.69. The van der Waals surface area contributed by atoms with Crippen LogP contribution < -0.4 is 0 Å². The second kappa shape index (κ2) is 6.25. The van der Waals surface area contributed by atoms with Gasteiger partial charge in [-0.2, -0.15) is 21.2 Å². The van der Waals surface area contributed by atoms with Crippen molar-refractivity contribution < 1.29 is 13.5 Å². The first-order valence-electron chi connectivity index (χ1n) is 6.29. The highest BCUT2D eigenvalue weighted by Gasteiger charge is 2.29. The lowest BCUT2D eigenvalue weighted by Gasteiger charge is -2.29. The van der Waals surface area contributed by atoms with Gasteiger partial charge in [0.2, 0.25) is 10.0 Å². The summed E-state index contributed by atoms with van der Waals surface area (Å²) in [6.07, 6.45) is 3.50. The Bertz CT molecular complexity index is 515. The molecular formula is C11H19N3O3S2. The summed E-state index contributed by atoms with van der Waals surface area (Å²) in [7, 11) is -3.42. The van der Waals surface area contributed by atoms with Crippen LogP contribution in [0.2, 0.25) is 0 Å². The van der Waals surface area contributed by atoms with E-state index in [0.717, 1.165) is 5.75 Å². The molecule has 19 heavy (non-hydrogen) atoms. The van der Waals surface area contributed by atoms with Gasteiger partial charge >= 0.3 is 0 Å². The predicted molar refractivity (Wildman–Crippen MR) is 74.6 cm³/mol. The Morgan fingerprint density at radius 1 is 1.58 bits per heavy atom. The molecule has 6 nitrogen and oxygen atoms in total. The van der Waals surface area contributed by atoms with Gasteiger partial charge < -0.3 is 5.11 Å². The van der Waals surface area contributed by atoms with Crippen LogP contribution in [0.15, 0.2) is 17.3 Å². The molecule has 1 aromatic heterocycles. The summed E-state index contributed by atoms with van der Waals surface area (Å²) in [5.74, 6) is 0.832. The third-order valence-electron chi connectivity index (χ3n) is 3.00. The maximum Gasteiger partial charge on any atom is 0.246 e. The number of hydrogen-bond donors (Lipinski definition) is 1. The van der Waals surface area contributed by atoms with E-state index in [2.05, 4.69) is 5.10 Å². The first-order chi connectivity index (χ1) is 9.04. The summed E-state index contributed by atoms with van der Waals surface area (Å²) in [6, 6.07) is 0. The average Bonchev–Trinajstić information content (AvgIpc) is 2.86. The third-order valence-corrected chi connectivity index (χ3v) is 5.95. The Morgan fingerprint density at radius 3 is 3.05 bits per heavy atom. The highest BCUT2D eigenvalue weighted by Crippen LogP contribution is 2.23. The third kappa shape index (κ3) is 3.50. The van der Waals surface area contributed by atoms with Crippen LogP contribution in [0.1, 0.15) is 13.3 Å². The molecule has 0 radical (unpaired) electrons. The Balaban J connectivity index is 2.12. The van der Waals surface area contributed by atoms with Crippen LogP contribution in [0.5, 0.6) is 0 Å². The number of aliphatic hydroxyl groups is 1. The molecule has 0 aliphatic carbocycles. The summed E-state index contributed by atoms with van der Waals surface area (Å²) < 4.78 is 28.0. The molecule has 1 aromatic rings. The predicted octanol–water partition coefficient (Wildman–Crippen LogP) is 0.392. The summed E-state index contributed by atoms with van der Waals surface area (Å²) in [6.45, 7) is 3.74. The van der Waals surface area contributed by atoms with Crippen molar-refractivity contribution >= 4 is 21.8 Å². The van der Waals surface area contributed by atoms with Gasteiger partial charge in [0.15, 0.2) is 0 Å². The molecule has 1 atom stereocenters. The minimum atomic E-state index is -3.42. The lowest BCUT2D eigenvalue weighted by molar-refractivity contribution is 0.277. The van der Waals surface area contributed by atoms with Crippen LogP contribution in [0, 0.1) is 0 Å². The van der Waals surface area contributed by atoms with Crippen LogP contribution in [-0.4, -0.2) is 58.3 Å². The van der Waals surface area contributed by atoms with Gasteiger partial charge in [-0.3, -0.25) is 4.68 Å². The number of nitrogens with zero attached hydrogens (tertiary/aromatic N) is 3. The SMILES string of the molecule is CC1CN(S(=O)(=O)c2cnn(CCCO)c2)CCS1. The Kier molecular flexibility index (Phi) is 4.88. The minimum Gasteiger partial charge on any atom is -0.396 e. The fraction of sp³-hybridized carbons (Fsp3) is 0.727. The number of aryl methyl sites for hydroxylation is 1. The van der Waals surface area contributed by atoms with E-state index in [-0.39, 0.29) is 11.5 Å². The molecule has 2 rings (SSSR count). The first-order valence-corrected chi connectivity index (χ1v) is 8.78. The Morgan fingerprint density at radius 2 is 2.37 bits per heavy atom. The number of rotatable bonds is 5. The van der Waals surface area contributed by atoms with Crippen LogP contribution in [0.3, 0.4) is 0 Å². The molecule has 1 fully saturated rings. The lowest BCUT2D eigenvalue weighted by Crippen LogP contribution is -2.40. The van der Waals surface area contributed by atoms with Crippen molar-refractivity contribution in [1.82, 2.24) is 14.1 Å². The maximum absolute atomic E-state index is 12.4. The highest BCUT2D eigenvalue weighted by molar-refractivity contribution is 8.00. The second-order valence-corrected chi connectivity index (χ2v) is 8.04. The monoisotopic (exact) mass is 305 g/mol. The Labute approximate surface area is 117 Å². The number of aromatic nitrogens is 2. The molecule has 0 aromatic carbocycles. The van der Waals surface area contributed by atoms with Gasteiger partial charge in [0.05, 0.1) is 6.20 Å². The normalized spacial score (nSPS) is 21.7. The van der Waals surface area contributed by atoms with Crippen LogP contribution in [-0.2, 0) is 16.6 Å². The minimum absolute atomic E-state index is 0.0722. The molecule has 0 saturated carbocycles. The summed E-state index contributed by atoms with van der Waals surface area (Å²) >= 11 is 1.79. The van der Waals surface area contributed by atoms with E-state index in [9.17, 15) is 8.42 Å². The first kappa shape index (κ1) is 14.8. The number of aliphatic hydroxyl groups excluding tert-OH is 1. The maximum atomic E-state index is 12.4. The fourth-order valence-electron chi connectivity index (χ4n) is 1.99. The molecular weight excluding hydrogens is 286 g/mol. The molecule has 1 unspecified atom stereocenters. The summed E-state index contributed by atoms with van der Waals surface area (Å²) in [5.41, 5.74) is 0. The van der Waals surface area contributed by atoms with E-state index in [1.54, 1.807) is 16.4 Å². The van der Waals surface area contributed by atoms with Crippen molar-refractivity contribution in [2.24, 2.45) is 0 Å². The van der Waals surface area contributed by atoms with Gasteiger partial charge in [0.25, 0.3) is 0 Å². The number of sulfonamides is 1. The van der Waals surface area contributed by atoms with Gasteiger partial charge in [-0.1, -0.05) is 6.92 Å². The van der Waals surface area contributed by atoms with Crippen LogP contribution in [0.25, 0.3) is 0 Å². The molecule has 1 saturated heterocycles. The van der Waals surface area contributed by atoms with E-state index in [4.69, 9.17) is 5.11 Å². The zero-order chi connectivity index (χ0) is 13.9. The molecule has 108 valence electrons. The number of thioether (sulfide) groups is 1. The topological polar surface area (TPSA) is 75.4 Å². The van der Waals surface area contributed by atoms with Crippen molar-refractivity contribution in [2.45, 2.75) is 30.0 Å². The zero-order valence-electron chi connectivity index (χ0n) is 10.9. The lowest BCUT2D eigenvalue weighted by atomic mass is 10.4. The van der Waals surface area contributed by atoms with Gasteiger partial charge in [-0.05, 0) is 6.42 Å². The van der Waals surface area contributed by atoms with Crippen molar-refractivity contribution in [3.05, 3.63) is 12.4 Å². The summed E-state index contributed by atoms with van der Waals surface area (Å²) in [4.78, 5) is 0.240. The molecule has 0 amide bonds. The molecule has 1 N–H and O–H groups in total. The van der Waals surface area contributed by atoms with E-state index in [1.807, 2.05) is 6.92 Å². The number of hydrogen-bond acceptors (Lipinski definition) is 5. The van der Waals surface area contributed by atoms with E-state index in [1.165, 1.54) is 16.7 Å². The molecule has 1 aliphatic rings.